The van der Waals surface area contributed by atoms with E-state index in [0.717, 1.165) is 18.4 Å². The zero-order chi connectivity index (χ0) is 18.4. The van der Waals surface area contributed by atoms with Crippen molar-refractivity contribution in [3.63, 3.8) is 0 Å². The van der Waals surface area contributed by atoms with Gasteiger partial charge in [0, 0.05) is 25.2 Å². The summed E-state index contributed by atoms with van der Waals surface area (Å²) in [5.74, 6) is -0.187. The number of hydrogen-bond acceptors (Lipinski definition) is 4. The van der Waals surface area contributed by atoms with E-state index in [1.807, 2.05) is 13.0 Å². The molecule has 1 aromatic heterocycles. The Bertz CT molecular complexity index is 946. The van der Waals surface area contributed by atoms with Crippen molar-refractivity contribution in [3.8, 4) is 0 Å². The molecule has 0 bridgehead atoms. The Morgan fingerprint density at radius 2 is 2.15 bits per heavy atom. The molecule has 2 atom stereocenters. The van der Waals surface area contributed by atoms with Crippen LogP contribution in [0.5, 0.6) is 0 Å². The molecule has 136 valence electrons. The van der Waals surface area contributed by atoms with Crippen LogP contribution in [0.2, 0.25) is 0 Å². The normalized spacial score (nSPS) is 25.3. The first kappa shape index (κ1) is 17.2. The van der Waals surface area contributed by atoms with E-state index >= 15 is 0 Å². The van der Waals surface area contributed by atoms with Crippen LogP contribution in [0.1, 0.15) is 18.4 Å². The molecule has 1 spiro atoms. The third-order valence-electron chi connectivity index (χ3n) is 5.41. The van der Waals surface area contributed by atoms with Gasteiger partial charge in [0.05, 0.1) is 16.8 Å². The van der Waals surface area contributed by atoms with Gasteiger partial charge in [-0.05, 0) is 55.0 Å². The molecular weight excluding hydrogens is 350 g/mol. The van der Waals surface area contributed by atoms with Crippen molar-refractivity contribution in [1.82, 2.24) is 9.29 Å². The Balaban J connectivity index is 1.45. The summed E-state index contributed by atoms with van der Waals surface area (Å²) < 4.78 is 27.3. The third-order valence-corrected chi connectivity index (χ3v) is 7.25. The number of amides is 1. The summed E-state index contributed by atoms with van der Waals surface area (Å²) in [6.07, 6.45) is 4.72. The minimum Gasteiger partial charge on any atom is -0.324 e. The van der Waals surface area contributed by atoms with Crippen LogP contribution in [0.15, 0.2) is 53.7 Å². The topological polar surface area (TPSA) is 79.4 Å². The van der Waals surface area contributed by atoms with Crippen molar-refractivity contribution in [3.05, 3.63) is 54.4 Å². The lowest BCUT2D eigenvalue weighted by Crippen LogP contribution is -2.30. The number of rotatable bonds is 4. The minimum atomic E-state index is -3.51. The first-order valence-corrected chi connectivity index (χ1v) is 10.1. The lowest BCUT2D eigenvalue weighted by Gasteiger charge is -2.17. The maximum atomic E-state index is 12.9. The molecule has 0 radical (unpaired) electrons. The summed E-state index contributed by atoms with van der Waals surface area (Å²) >= 11 is 0. The first-order chi connectivity index (χ1) is 12.4. The van der Waals surface area contributed by atoms with Gasteiger partial charge < -0.3 is 5.32 Å². The molecule has 1 N–H and O–H groups in total. The van der Waals surface area contributed by atoms with E-state index in [4.69, 9.17) is 0 Å². The zero-order valence-corrected chi connectivity index (χ0v) is 15.4. The van der Waals surface area contributed by atoms with Crippen molar-refractivity contribution in [2.45, 2.75) is 24.7 Å². The number of anilines is 1. The SMILES string of the molecule is Cc1cccc(S(=O)(=O)N2CC[C@@]3(C[C@H]3C(=O)Nc3cccnc3)C2)c1. The van der Waals surface area contributed by atoms with E-state index in [-0.39, 0.29) is 17.2 Å². The number of carbonyl (C=O) groups is 1. The van der Waals surface area contributed by atoms with Crippen LogP contribution in [0.3, 0.4) is 0 Å². The van der Waals surface area contributed by atoms with Crippen LogP contribution in [-0.2, 0) is 14.8 Å². The number of carbonyl (C=O) groups excluding carboxylic acids is 1. The van der Waals surface area contributed by atoms with Gasteiger partial charge >= 0.3 is 0 Å². The number of pyridine rings is 1. The molecule has 2 aromatic rings. The number of sulfonamides is 1. The van der Waals surface area contributed by atoms with Crippen LogP contribution >= 0.6 is 0 Å². The molecule has 1 aliphatic heterocycles. The smallest absolute Gasteiger partial charge is 0.243 e. The van der Waals surface area contributed by atoms with Gasteiger partial charge in [-0.2, -0.15) is 4.31 Å². The van der Waals surface area contributed by atoms with Crippen molar-refractivity contribution >= 4 is 21.6 Å². The average molecular weight is 371 g/mol. The predicted molar refractivity (Wildman–Crippen MR) is 98.0 cm³/mol. The van der Waals surface area contributed by atoms with Gasteiger partial charge in [0.25, 0.3) is 0 Å². The standard InChI is InChI=1S/C19H21N3O3S/c1-14-4-2-6-16(10-14)26(24,25)22-9-7-19(13-22)11-17(19)18(23)21-15-5-3-8-20-12-15/h2-6,8,10,12,17H,7,9,11,13H2,1H3,(H,21,23)/t17-,19+/m0/s1. The van der Waals surface area contributed by atoms with Crippen molar-refractivity contribution in [2.75, 3.05) is 18.4 Å². The molecule has 7 heteroatoms. The van der Waals surface area contributed by atoms with E-state index in [1.54, 1.807) is 42.7 Å². The first-order valence-electron chi connectivity index (χ1n) is 8.68. The molecule has 1 saturated carbocycles. The fourth-order valence-electron chi connectivity index (χ4n) is 3.82. The fraction of sp³-hybridized carbons (Fsp3) is 0.368. The van der Waals surface area contributed by atoms with Gasteiger partial charge in [0.2, 0.25) is 15.9 Å². The van der Waals surface area contributed by atoms with Crippen LogP contribution in [0.4, 0.5) is 5.69 Å². The molecule has 2 heterocycles. The number of nitrogens with zero attached hydrogens (tertiary/aromatic N) is 2. The lowest BCUT2D eigenvalue weighted by molar-refractivity contribution is -0.118. The predicted octanol–water partition coefficient (Wildman–Crippen LogP) is 2.43. The Kier molecular flexibility index (Phi) is 4.08. The molecule has 0 unspecified atom stereocenters. The second kappa shape index (κ2) is 6.17. The molecule has 2 aliphatic rings. The van der Waals surface area contributed by atoms with E-state index in [2.05, 4.69) is 10.3 Å². The summed E-state index contributed by atoms with van der Waals surface area (Å²) in [5.41, 5.74) is 1.37. The minimum absolute atomic E-state index is 0.0483. The van der Waals surface area contributed by atoms with E-state index in [9.17, 15) is 13.2 Å². The number of benzene rings is 1. The second-order valence-corrected chi connectivity index (χ2v) is 9.19. The van der Waals surface area contributed by atoms with Crippen molar-refractivity contribution in [1.29, 1.82) is 0 Å². The summed E-state index contributed by atoms with van der Waals surface area (Å²) in [6.45, 7) is 2.76. The monoisotopic (exact) mass is 371 g/mol. The number of aromatic nitrogens is 1. The molecule has 2 fully saturated rings. The van der Waals surface area contributed by atoms with Gasteiger partial charge in [-0.3, -0.25) is 9.78 Å². The Hall–Kier alpha value is -2.25. The highest BCUT2D eigenvalue weighted by molar-refractivity contribution is 7.89. The highest BCUT2D eigenvalue weighted by Gasteiger charge is 2.62. The Labute approximate surface area is 153 Å². The van der Waals surface area contributed by atoms with Gasteiger partial charge in [-0.25, -0.2) is 8.42 Å². The summed E-state index contributed by atoms with van der Waals surface area (Å²) in [4.78, 5) is 16.8. The molecule has 1 aliphatic carbocycles. The molecule has 1 amide bonds. The molecule has 4 rings (SSSR count). The highest BCUT2D eigenvalue weighted by Crippen LogP contribution is 2.59. The highest BCUT2D eigenvalue weighted by atomic mass is 32.2. The van der Waals surface area contributed by atoms with Crippen LogP contribution < -0.4 is 5.32 Å². The van der Waals surface area contributed by atoms with Crippen molar-refractivity contribution < 1.29 is 13.2 Å². The number of hydrogen-bond donors (Lipinski definition) is 1. The van der Waals surface area contributed by atoms with Gasteiger partial charge in [-0.15, -0.1) is 0 Å². The van der Waals surface area contributed by atoms with Crippen molar-refractivity contribution in [2.24, 2.45) is 11.3 Å². The molecule has 26 heavy (non-hydrogen) atoms. The fourth-order valence-corrected chi connectivity index (χ4v) is 5.46. The molecular formula is C19H21N3O3S. The average Bonchev–Trinajstić information content (AvgIpc) is 3.15. The third kappa shape index (κ3) is 3.01. The summed E-state index contributed by atoms with van der Waals surface area (Å²) in [6, 6.07) is 10.5. The zero-order valence-electron chi connectivity index (χ0n) is 14.6. The molecule has 1 saturated heterocycles. The van der Waals surface area contributed by atoms with Crippen LogP contribution in [0.25, 0.3) is 0 Å². The quantitative estimate of drug-likeness (QED) is 0.895. The van der Waals surface area contributed by atoms with Crippen LogP contribution in [-0.4, -0.2) is 36.7 Å². The molecule has 6 nitrogen and oxygen atoms in total. The molecule has 1 aromatic carbocycles. The number of aryl methyl sites for hydroxylation is 1. The largest absolute Gasteiger partial charge is 0.324 e. The van der Waals surface area contributed by atoms with Gasteiger partial charge in [0.15, 0.2) is 0 Å². The summed E-state index contributed by atoms with van der Waals surface area (Å²) in [7, 11) is -3.51. The van der Waals surface area contributed by atoms with E-state index < -0.39 is 10.0 Å². The van der Waals surface area contributed by atoms with Gasteiger partial charge in [0.1, 0.15) is 0 Å². The second-order valence-electron chi connectivity index (χ2n) is 7.26. The maximum Gasteiger partial charge on any atom is 0.243 e. The van der Waals surface area contributed by atoms with Crippen LogP contribution in [0, 0.1) is 18.3 Å². The van der Waals surface area contributed by atoms with E-state index in [1.165, 1.54) is 4.31 Å². The maximum absolute atomic E-state index is 12.9. The van der Waals surface area contributed by atoms with Gasteiger partial charge in [-0.1, -0.05) is 12.1 Å². The Morgan fingerprint density at radius 3 is 2.88 bits per heavy atom. The Morgan fingerprint density at radius 1 is 1.31 bits per heavy atom. The lowest BCUT2D eigenvalue weighted by atomic mass is 10.0. The van der Waals surface area contributed by atoms with E-state index in [0.29, 0.717) is 23.7 Å². The number of nitrogens with one attached hydrogen (secondary N) is 1. The summed E-state index contributed by atoms with van der Waals surface area (Å²) in [5, 5.41) is 2.88.